The van der Waals surface area contributed by atoms with Gasteiger partial charge in [0.15, 0.2) is 0 Å². The minimum absolute atomic E-state index is 0.0772. The molecule has 0 aromatic carbocycles. The molecule has 0 bridgehead atoms. The molecule has 0 aliphatic rings. The summed E-state index contributed by atoms with van der Waals surface area (Å²) >= 11 is 0. The van der Waals surface area contributed by atoms with Crippen LogP contribution in [0.3, 0.4) is 0 Å². The van der Waals surface area contributed by atoms with Gasteiger partial charge in [0, 0.05) is 18.8 Å². The number of amides is 2. The predicted molar refractivity (Wildman–Crippen MR) is 63.6 cm³/mol. The number of carbonyl (C=O) groups is 2. The van der Waals surface area contributed by atoms with E-state index in [1.807, 2.05) is 13.8 Å². The Kier molecular flexibility index (Phi) is 4.68. The van der Waals surface area contributed by atoms with Crippen molar-refractivity contribution in [2.45, 2.75) is 20.8 Å². The second-order valence-corrected chi connectivity index (χ2v) is 3.68. The topological polar surface area (TPSA) is 78.1 Å². The normalized spacial score (nSPS) is 10.1. The molecule has 0 spiro atoms. The van der Waals surface area contributed by atoms with Crippen LogP contribution in [0.5, 0.6) is 0 Å². The number of nitrogens with zero attached hydrogens (tertiary/aromatic N) is 2. The van der Waals surface area contributed by atoms with Gasteiger partial charge < -0.3 is 10.2 Å². The van der Waals surface area contributed by atoms with Crippen LogP contribution in [-0.2, 0) is 4.79 Å². The van der Waals surface area contributed by atoms with Crippen LogP contribution >= 0.6 is 0 Å². The lowest BCUT2D eigenvalue weighted by atomic mass is 10.2. The number of rotatable bonds is 5. The van der Waals surface area contributed by atoms with Gasteiger partial charge in [0.25, 0.3) is 5.91 Å². The van der Waals surface area contributed by atoms with Gasteiger partial charge in [0.2, 0.25) is 5.91 Å². The van der Waals surface area contributed by atoms with E-state index in [2.05, 4.69) is 15.5 Å². The highest BCUT2D eigenvalue weighted by atomic mass is 16.2. The average Bonchev–Trinajstić information content (AvgIpc) is 2.72. The van der Waals surface area contributed by atoms with Crippen molar-refractivity contribution in [1.82, 2.24) is 20.4 Å². The molecule has 0 aliphatic carbocycles. The molecule has 6 heteroatoms. The van der Waals surface area contributed by atoms with E-state index in [0.29, 0.717) is 24.3 Å². The van der Waals surface area contributed by atoms with Crippen molar-refractivity contribution in [3.63, 3.8) is 0 Å². The molecule has 0 aliphatic heterocycles. The fraction of sp³-hybridized carbons (Fsp3) is 0.545. The van der Waals surface area contributed by atoms with E-state index in [1.165, 1.54) is 11.1 Å². The average molecular weight is 238 g/mol. The smallest absolute Gasteiger partial charge is 0.257 e. The molecule has 2 amide bonds. The number of aromatic nitrogens is 2. The van der Waals surface area contributed by atoms with Crippen LogP contribution in [0, 0.1) is 6.92 Å². The molecule has 1 rings (SSSR count). The van der Waals surface area contributed by atoms with Gasteiger partial charge in [0.1, 0.15) is 0 Å². The van der Waals surface area contributed by atoms with Crippen LogP contribution in [0.25, 0.3) is 0 Å². The maximum absolute atomic E-state index is 12.1. The zero-order chi connectivity index (χ0) is 12.8. The number of H-pyrrole nitrogens is 1. The van der Waals surface area contributed by atoms with E-state index in [4.69, 9.17) is 0 Å². The van der Waals surface area contributed by atoms with E-state index in [0.717, 1.165) is 0 Å². The zero-order valence-electron chi connectivity index (χ0n) is 10.4. The Morgan fingerprint density at radius 3 is 2.65 bits per heavy atom. The lowest BCUT2D eigenvalue weighted by molar-refractivity contribution is -0.121. The summed E-state index contributed by atoms with van der Waals surface area (Å²) in [5.41, 5.74) is 1.22. The molecule has 1 heterocycles. The van der Waals surface area contributed by atoms with E-state index >= 15 is 0 Å². The third kappa shape index (κ3) is 3.30. The van der Waals surface area contributed by atoms with Crippen molar-refractivity contribution in [1.29, 1.82) is 0 Å². The Bertz CT molecular complexity index is 400. The molecule has 0 saturated carbocycles. The maximum atomic E-state index is 12.1. The van der Waals surface area contributed by atoms with E-state index in [1.54, 1.807) is 6.92 Å². The van der Waals surface area contributed by atoms with Crippen molar-refractivity contribution >= 4 is 11.8 Å². The van der Waals surface area contributed by atoms with Crippen LogP contribution in [0.15, 0.2) is 6.20 Å². The van der Waals surface area contributed by atoms with Crippen molar-refractivity contribution in [3.8, 4) is 0 Å². The standard InChI is InChI=1S/C11H18N4O2/c1-4-12-10(16)7-15(5-2)11(17)9-6-13-14-8(9)3/h6H,4-5,7H2,1-3H3,(H,12,16)(H,13,14). The summed E-state index contributed by atoms with van der Waals surface area (Å²) in [4.78, 5) is 25.0. The summed E-state index contributed by atoms with van der Waals surface area (Å²) in [6.07, 6.45) is 1.48. The summed E-state index contributed by atoms with van der Waals surface area (Å²) in [7, 11) is 0. The number of aryl methyl sites for hydroxylation is 1. The van der Waals surface area contributed by atoms with Crippen LogP contribution in [0.1, 0.15) is 29.9 Å². The maximum Gasteiger partial charge on any atom is 0.257 e. The van der Waals surface area contributed by atoms with Crippen LogP contribution in [0.2, 0.25) is 0 Å². The number of carbonyl (C=O) groups excluding carboxylic acids is 2. The molecule has 0 saturated heterocycles. The Labute approximate surface area is 100 Å². The molecule has 0 unspecified atom stereocenters. The van der Waals surface area contributed by atoms with Crippen molar-refractivity contribution in [3.05, 3.63) is 17.5 Å². The van der Waals surface area contributed by atoms with Gasteiger partial charge in [-0.2, -0.15) is 5.10 Å². The number of likely N-dealkylation sites (N-methyl/N-ethyl adjacent to an activating group) is 2. The van der Waals surface area contributed by atoms with Gasteiger partial charge in [-0.1, -0.05) is 0 Å². The molecule has 1 aromatic heterocycles. The number of hydrogen-bond acceptors (Lipinski definition) is 3. The Morgan fingerprint density at radius 1 is 1.47 bits per heavy atom. The molecule has 0 atom stereocenters. The van der Waals surface area contributed by atoms with Crippen LogP contribution in [-0.4, -0.2) is 46.5 Å². The molecule has 0 radical (unpaired) electrons. The SMILES string of the molecule is CCNC(=O)CN(CC)C(=O)c1cn[nH]c1C. The van der Waals surface area contributed by atoms with Crippen LogP contribution < -0.4 is 5.32 Å². The van der Waals surface area contributed by atoms with Gasteiger partial charge in [-0.25, -0.2) is 0 Å². The minimum Gasteiger partial charge on any atom is -0.355 e. The minimum atomic E-state index is -0.176. The largest absolute Gasteiger partial charge is 0.355 e. The van der Waals surface area contributed by atoms with Gasteiger partial charge in [0.05, 0.1) is 18.3 Å². The quantitative estimate of drug-likeness (QED) is 0.775. The number of hydrogen-bond donors (Lipinski definition) is 2. The van der Waals surface area contributed by atoms with Crippen molar-refractivity contribution in [2.75, 3.05) is 19.6 Å². The predicted octanol–water partition coefficient (Wildman–Crippen LogP) is 0.316. The Balaban J connectivity index is 2.71. The molecule has 94 valence electrons. The molecule has 17 heavy (non-hydrogen) atoms. The van der Waals surface area contributed by atoms with Gasteiger partial charge >= 0.3 is 0 Å². The highest BCUT2D eigenvalue weighted by Crippen LogP contribution is 2.07. The Morgan fingerprint density at radius 2 is 2.18 bits per heavy atom. The van der Waals surface area contributed by atoms with E-state index < -0.39 is 0 Å². The lowest BCUT2D eigenvalue weighted by Crippen LogP contribution is -2.40. The zero-order valence-corrected chi connectivity index (χ0v) is 10.4. The molecular weight excluding hydrogens is 220 g/mol. The van der Waals surface area contributed by atoms with Crippen molar-refractivity contribution in [2.24, 2.45) is 0 Å². The van der Waals surface area contributed by atoms with Crippen molar-refractivity contribution < 1.29 is 9.59 Å². The molecular formula is C11H18N4O2. The van der Waals surface area contributed by atoms with Gasteiger partial charge in [-0.15, -0.1) is 0 Å². The second kappa shape index (κ2) is 6.03. The molecule has 2 N–H and O–H groups in total. The molecule has 1 aromatic rings. The Hall–Kier alpha value is -1.85. The number of nitrogens with one attached hydrogen (secondary N) is 2. The summed E-state index contributed by atoms with van der Waals surface area (Å²) < 4.78 is 0. The fourth-order valence-electron chi connectivity index (χ4n) is 1.49. The van der Waals surface area contributed by atoms with E-state index in [-0.39, 0.29) is 18.4 Å². The van der Waals surface area contributed by atoms with E-state index in [9.17, 15) is 9.59 Å². The second-order valence-electron chi connectivity index (χ2n) is 3.68. The monoisotopic (exact) mass is 238 g/mol. The highest BCUT2D eigenvalue weighted by Gasteiger charge is 2.19. The first kappa shape index (κ1) is 13.2. The summed E-state index contributed by atoms with van der Waals surface area (Å²) in [5, 5.41) is 9.18. The first-order valence-electron chi connectivity index (χ1n) is 5.66. The first-order valence-corrected chi connectivity index (χ1v) is 5.66. The molecule has 6 nitrogen and oxygen atoms in total. The highest BCUT2D eigenvalue weighted by molar-refractivity contribution is 5.97. The third-order valence-electron chi connectivity index (χ3n) is 2.44. The number of aromatic amines is 1. The lowest BCUT2D eigenvalue weighted by Gasteiger charge is -2.19. The first-order chi connectivity index (χ1) is 8.10. The summed E-state index contributed by atoms with van der Waals surface area (Å²) in [6, 6.07) is 0. The third-order valence-corrected chi connectivity index (χ3v) is 2.44. The fourth-order valence-corrected chi connectivity index (χ4v) is 1.49. The summed E-state index contributed by atoms with van der Waals surface area (Å²) in [5.74, 6) is -0.325. The van der Waals surface area contributed by atoms with Gasteiger partial charge in [-0.05, 0) is 20.8 Å². The summed E-state index contributed by atoms with van der Waals surface area (Å²) in [6.45, 7) is 6.59. The van der Waals surface area contributed by atoms with Crippen LogP contribution in [0.4, 0.5) is 0 Å². The van der Waals surface area contributed by atoms with Gasteiger partial charge in [-0.3, -0.25) is 14.7 Å². The molecule has 0 fully saturated rings.